The lowest BCUT2D eigenvalue weighted by atomic mass is 10.0. The van der Waals surface area contributed by atoms with Gasteiger partial charge in [-0.05, 0) is 12.1 Å². The maximum atomic E-state index is 11.4. The highest BCUT2D eigenvalue weighted by atomic mass is 79.9. The van der Waals surface area contributed by atoms with E-state index in [1.165, 1.54) is 12.1 Å². The molecule has 14 heavy (non-hydrogen) atoms. The van der Waals surface area contributed by atoms with Crippen molar-refractivity contribution in [1.82, 2.24) is 0 Å². The van der Waals surface area contributed by atoms with Crippen molar-refractivity contribution in [1.29, 1.82) is 5.26 Å². The number of hydrogen-bond acceptors (Lipinski definition) is 3. The van der Waals surface area contributed by atoms with Crippen molar-refractivity contribution in [3.8, 4) is 6.07 Å². The van der Waals surface area contributed by atoms with Gasteiger partial charge in [-0.3, -0.25) is 4.79 Å². The number of nitrogen functional groups attached to an aromatic ring is 1. The van der Waals surface area contributed by atoms with E-state index in [-0.39, 0.29) is 27.9 Å². The molecular formula is C9H6BrClN2O. The van der Waals surface area contributed by atoms with Crippen LogP contribution >= 0.6 is 27.5 Å². The van der Waals surface area contributed by atoms with Gasteiger partial charge in [0.15, 0.2) is 5.78 Å². The van der Waals surface area contributed by atoms with Gasteiger partial charge in [0.25, 0.3) is 0 Å². The Hall–Kier alpha value is -1.05. The van der Waals surface area contributed by atoms with Crippen LogP contribution in [-0.2, 0) is 0 Å². The van der Waals surface area contributed by atoms with Crippen molar-refractivity contribution in [2.75, 3.05) is 11.1 Å². The molecule has 0 aliphatic heterocycles. The smallest absolute Gasteiger partial charge is 0.174 e. The number of rotatable bonds is 2. The van der Waals surface area contributed by atoms with E-state index >= 15 is 0 Å². The van der Waals surface area contributed by atoms with Crippen LogP contribution in [-0.4, -0.2) is 11.1 Å². The monoisotopic (exact) mass is 272 g/mol. The molecule has 0 unspecified atom stereocenters. The third kappa shape index (κ3) is 2.06. The number of hydrogen-bond donors (Lipinski definition) is 1. The highest BCUT2D eigenvalue weighted by Crippen LogP contribution is 2.23. The Balaban J connectivity index is 3.41. The number of carbonyl (C=O) groups excluding carboxylic acids is 1. The van der Waals surface area contributed by atoms with Gasteiger partial charge in [-0.1, -0.05) is 27.5 Å². The molecule has 1 rings (SSSR count). The second kappa shape index (κ2) is 4.45. The molecule has 1 aromatic rings. The van der Waals surface area contributed by atoms with Crippen molar-refractivity contribution < 1.29 is 4.79 Å². The molecule has 72 valence electrons. The molecule has 0 amide bonds. The number of ketones is 1. The van der Waals surface area contributed by atoms with Gasteiger partial charge in [-0.2, -0.15) is 5.26 Å². The van der Waals surface area contributed by atoms with E-state index in [0.29, 0.717) is 5.02 Å². The van der Waals surface area contributed by atoms with Crippen LogP contribution in [0.25, 0.3) is 0 Å². The van der Waals surface area contributed by atoms with Crippen LogP contribution in [0.15, 0.2) is 12.1 Å². The first kappa shape index (κ1) is 11.0. The van der Waals surface area contributed by atoms with Crippen LogP contribution < -0.4 is 5.73 Å². The van der Waals surface area contributed by atoms with Crippen LogP contribution in [0.2, 0.25) is 5.02 Å². The topological polar surface area (TPSA) is 66.9 Å². The molecule has 0 aliphatic rings. The lowest BCUT2D eigenvalue weighted by molar-refractivity contribution is 0.102. The van der Waals surface area contributed by atoms with Crippen molar-refractivity contribution in [2.45, 2.75) is 0 Å². The highest BCUT2D eigenvalue weighted by molar-refractivity contribution is 9.09. The molecule has 0 radical (unpaired) electrons. The molecule has 0 aliphatic carbocycles. The van der Waals surface area contributed by atoms with Crippen LogP contribution in [0.5, 0.6) is 0 Å². The van der Waals surface area contributed by atoms with Crippen LogP contribution in [0, 0.1) is 11.3 Å². The number of benzene rings is 1. The summed E-state index contributed by atoms with van der Waals surface area (Å²) in [5.41, 5.74) is 6.22. The number of carbonyl (C=O) groups is 1. The zero-order valence-electron chi connectivity index (χ0n) is 7.05. The van der Waals surface area contributed by atoms with Crippen LogP contribution in [0.1, 0.15) is 15.9 Å². The molecule has 0 saturated carbocycles. The summed E-state index contributed by atoms with van der Waals surface area (Å²) in [6.45, 7) is 0. The van der Waals surface area contributed by atoms with E-state index < -0.39 is 0 Å². The van der Waals surface area contributed by atoms with Gasteiger partial charge >= 0.3 is 0 Å². The number of anilines is 1. The van der Waals surface area contributed by atoms with E-state index in [9.17, 15) is 4.79 Å². The Morgan fingerprint density at radius 3 is 2.79 bits per heavy atom. The molecule has 2 N–H and O–H groups in total. The summed E-state index contributed by atoms with van der Waals surface area (Å²) >= 11 is 8.74. The molecule has 0 spiro atoms. The first-order chi connectivity index (χ1) is 6.60. The number of nitriles is 1. The van der Waals surface area contributed by atoms with Gasteiger partial charge in [0.05, 0.1) is 16.6 Å². The van der Waals surface area contributed by atoms with Crippen molar-refractivity contribution in [2.24, 2.45) is 0 Å². The van der Waals surface area contributed by atoms with Gasteiger partial charge in [-0.15, -0.1) is 0 Å². The zero-order valence-corrected chi connectivity index (χ0v) is 9.39. The van der Waals surface area contributed by atoms with Gasteiger partial charge < -0.3 is 5.73 Å². The Bertz CT molecular complexity index is 426. The average molecular weight is 274 g/mol. The number of nitrogens with two attached hydrogens (primary N) is 1. The Kier molecular flexibility index (Phi) is 3.50. The minimum absolute atomic E-state index is 0.140. The first-order valence-corrected chi connectivity index (χ1v) is 5.18. The largest absolute Gasteiger partial charge is 0.398 e. The Morgan fingerprint density at radius 1 is 1.64 bits per heavy atom. The molecule has 0 saturated heterocycles. The van der Waals surface area contributed by atoms with Crippen molar-refractivity contribution in [3.05, 3.63) is 28.3 Å². The van der Waals surface area contributed by atoms with Crippen molar-refractivity contribution in [3.63, 3.8) is 0 Å². The summed E-state index contributed by atoms with van der Waals surface area (Å²) in [6, 6.07) is 4.78. The quantitative estimate of drug-likeness (QED) is 0.511. The summed E-state index contributed by atoms with van der Waals surface area (Å²) < 4.78 is 0. The second-order valence-electron chi connectivity index (χ2n) is 2.59. The van der Waals surface area contributed by atoms with Crippen LogP contribution in [0.3, 0.4) is 0 Å². The Labute approximate surface area is 94.6 Å². The predicted molar refractivity (Wildman–Crippen MR) is 58.7 cm³/mol. The molecule has 0 fully saturated rings. The van der Waals surface area contributed by atoms with Gasteiger partial charge in [0.2, 0.25) is 0 Å². The molecule has 0 aromatic heterocycles. The predicted octanol–water partition coefficient (Wildman–Crippen LogP) is 2.37. The third-order valence-electron chi connectivity index (χ3n) is 1.67. The fraction of sp³-hybridized carbons (Fsp3) is 0.111. The highest BCUT2D eigenvalue weighted by Gasteiger charge is 2.13. The maximum absolute atomic E-state index is 11.4. The summed E-state index contributed by atoms with van der Waals surface area (Å²) in [7, 11) is 0. The molecule has 1 aromatic carbocycles. The molecule has 3 nitrogen and oxygen atoms in total. The lowest BCUT2D eigenvalue weighted by Gasteiger charge is -2.04. The average Bonchev–Trinajstić information content (AvgIpc) is 2.15. The van der Waals surface area contributed by atoms with E-state index in [0.717, 1.165) is 0 Å². The second-order valence-corrected chi connectivity index (χ2v) is 3.58. The maximum Gasteiger partial charge on any atom is 0.174 e. The molecular weight excluding hydrogens is 267 g/mol. The zero-order chi connectivity index (χ0) is 10.7. The van der Waals surface area contributed by atoms with Gasteiger partial charge in [0.1, 0.15) is 6.07 Å². The van der Waals surface area contributed by atoms with E-state index in [1.54, 1.807) is 0 Å². The van der Waals surface area contributed by atoms with E-state index in [1.807, 2.05) is 6.07 Å². The standard InChI is InChI=1S/C9H6BrClN2O/c10-3-9(14)6-1-5(11)2-8(13)7(6)4-12/h1-2H,3,13H2. The summed E-state index contributed by atoms with van der Waals surface area (Å²) in [6.07, 6.45) is 0. The number of nitrogens with zero attached hydrogens (tertiary/aromatic N) is 1. The minimum atomic E-state index is -0.212. The number of alkyl halides is 1. The molecule has 0 atom stereocenters. The first-order valence-electron chi connectivity index (χ1n) is 3.68. The normalized spacial score (nSPS) is 9.50. The Morgan fingerprint density at radius 2 is 2.29 bits per heavy atom. The molecule has 0 bridgehead atoms. The fourth-order valence-electron chi connectivity index (χ4n) is 1.04. The van der Waals surface area contributed by atoms with E-state index in [2.05, 4.69) is 15.9 Å². The number of Topliss-reactive ketones (excluding diaryl/α,β-unsaturated/α-hetero) is 1. The minimum Gasteiger partial charge on any atom is -0.398 e. The number of halogens is 2. The van der Waals surface area contributed by atoms with E-state index in [4.69, 9.17) is 22.6 Å². The van der Waals surface area contributed by atoms with Gasteiger partial charge in [-0.25, -0.2) is 0 Å². The summed E-state index contributed by atoms with van der Waals surface area (Å²) in [4.78, 5) is 11.4. The third-order valence-corrected chi connectivity index (χ3v) is 2.39. The molecule has 5 heteroatoms. The summed E-state index contributed by atoms with van der Waals surface area (Å²) in [5.74, 6) is -0.212. The van der Waals surface area contributed by atoms with Crippen LogP contribution in [0.4, 0.5) is 5.69 Å². The fourth-order valence-corrected chi connectivity index (χ4v) is 1.57. The summed E-state index contributed by atoms with van der Waals surface area (Å²) in [5, 5.41) is 9.29. The molecule has 0 heterocycles. The van der Waals surface area contributed by atoms with Gasteiger partial charge in [0, 0.05) is 10.6 Å². The SMILES string of the molecule is N#Cc1c(N)cc(Cl)cc1C(=O)CBr. The van der Waals surface area contributed by atoms with Crippen molar-refractivity contribution >= 4 is 39.0 Å². The lowest BCUT2D eigenvalue weighted by Crippen LogP contribution is -2.05.